The summed E-state index contributed by atoms with van der Waals surface area (Å²) in [5, 5.41) is 5.56. The van der Waals surface area contributed by atoms with E-state index in [4.69, 9.17) is 14.2 Å². The maximum atomic E-state index is 12.8. The lowest BCUT2D eigenvalue weighted by Gasteiger charge is -2.30. The molecule has 0 bridgehead atoms. The number of ether oxygens (including phenoxy) is 3. The Morgan fingerprint density at radius 3 is 2.44 bits per heavy atom. The average Bonchev–Trinajstić information content (AvgIpc) is 2.77. The zero-order chi connectivity index (χ0) is 23.3. The largest absolute Gasteiger partial charge is 0.493 e. The number of urea groups is 1. The highest BCUT2D eigenvalue weighted by molar-refractivity contribution is 5.95. The van der Waals surface area contributed by atoms with Crippen LogP contribution in [0, 0.1) is 6.92 Å². The monoisotopic (exact) mass is 438 g/mol. The molecule has 1 aliphatic rings. The molecular weight excluding hydrogens is 408 g/mol. The maximum Gasteiger partial charge on any atom is 0.338 e. The number of benzene rings is 2. The summed E-state index contributed by atoms with van der Waals surface area (Å²) in [6.07, 6.45) is 0.208. The van der Waals surface area contributed by atoms with E-state index in [1.807, 2.05) is 44.2 Å². The highest BCUT2D eigenvalue weighted by atomic mass is 16.5. The average molecular weight is 439 g/mol. The van der Waals surface area contributed by atoms with Crippen molar-refractivity contribution in [2.24, 2.45) is 0 Å². The minimum Gasteiger partial charge on any atom is -0.493 e. The molecule has 0 aliphatic carbocycles. The van der Waals surface area contributed by atoms with Crippen LogP contribution in [0.3, 0.4) is 0 Å². The highest BCUT2D eigenvalue weighted by Gasteiger charge is 2.34. The molecule has 0 fully saturated rings. The molecule has 2 aromatic rings. The third kappa shape index (κ3) is 5.41. The van der Waals surface area contributed by atoms with Gasteiger partial charge >= 0.3 is 12.0 Å². The number of hydrogen-bond acceptors (Lipinski definition) is 5. The Bertz CT molecular complexity index is 1010. The van der Waals surface area contributed by atoms with Gasteiger partial charge < -0.3 is 24.8 Å². The lowest BCUT2D eigenvalue weighted by molar-refractivity contribution is -0.143. The van der Waals surface area contributed by atoms with Crippen molar-refractivity contribution >= 4 is 12.0 Å². The first-order valence-corrected chi connectivity index (χ1v) is 10.7. The molecule has 3 rings (SSSR count). The molecule has 2 aromatic carbocycles. The van der Waals surface area contributed by atoms with Gasteiger partial charge in [0, 0.05) is 5.70 Å². The number of allylic oxidation sites excluding steroid dienone is 1. The van der Waals surface area contributed by atoms with E-state index in [1.165, 1.54) is 5.56 Å². The normalized spacial score (nSPS) is 15.8. The summed E-state index contributed by atoms with van der Waals surface area (Å²) in [5.41, 5.74) is 3.85. The molecule has 0 spiro atoms. The van der Waals surface area contributed by atoms with Crippen molar-refractivity contribution < 1.29 is 23.8 Å². The van der Waals surface area contributed by atoms with Gasteiger partial charge in [0.15, 0.2) is 11.5 Å². The maximum absolute atomic E-state index is 12.8. The minimum atomic E-state index is -0.662. The molecule has 0 saturated carbocycles. The first kappa shape index (κ1) is 23.2. The molecule has 32 heavy (non-hydrogen) atoms. The first-order valence-electron chi connectivity index (χ1n) is 10.7. The number of rotatable bonds is 8. The first-order chi connectivity index (χ1) is 15.3. The van der Waals surface area contributed by atoms with Crippen LogP contribution in [0.1, 0.15) is 49.9 Å². The van der Waals surface area contributed by atoms with Gasteiger partial charge in [0.05, 0.1) is 24.8 Å². The zero-order valence-corrected chi connectivity index (χ0v) is 19.2. The molecule has 0 aromatic heterocycles. The van der Waals surface area contributed by atoms with Crippen LogP contribution in [0.25, 0.3) is 0 Å². The van der Waals surface area contributed by atoms with E-state index in [-0.39, 0.29) is 12.1 Å². The number of carbonyl (C=O) groups is 2. The van der Waals surface area contributed by atoms with Crippen LogP contribution >= 0.6 is 0 Å². The molecule has 2 amide bonds. The number of aryl methyl sites for hydroxylation is 1. The van der Waals surface area contributed by atoms with Gasteiger partial charge in [0.2, 0.25) is 0 Å². The fourth-order valence-corrected chi connectivity index (χ4v) is 3.49. The van der Waals surface area contributed by atoms with Crippen LogP contribution in [0.5, 0.6) is 11.5 Å². The second kappa shape index (κ2) is 10.2. The summed E-state index contributed by atoms with van der Waals surface area (Å²) in [6.45, 7) is 7.89. The van der Waals surface area contributed by atoms with Crippen molar-refractivity contribution in [3.63, 3.8) is 0 Å². The van der Waals surface area contributed by atoms with Crippen LogP contribution < -0.4 is 20.1 Å². The van der Waals surface area contributed by atoms with Crippen molar-refractivity contribution in [2.45, 2.75) is 52.9 Å². The second-order valence-electron chi connectivity index (χ2n) is 7.92. The molecule has 1 heterocycles. The molecule has 7 nitrogen and oxygen atoms in total. The van der Waals surface area contributed by atoms with Gasteiger partial charge in [-0.1, -0.05) is 42.8 Å². The van der Waals surface area contributed by atoms with E-state index in [0.29, 0.717) is 41.4 Å². The fraction of sp³-hybridized carbons (Fsp3) is 0.360. The van der Waals surface area contributed by atoms with Gasteiger partial charge in [-0.05, 0) is 50.5 Å². The summed E-state index contributed by atoms with van der Waals surface area (Å²) in [5.74, 6) is 0.619. The Morgan fingerprint density at radius 2 is 1.81 bits per heavy atom. The standard InChI is InChI=1S/C25H30N2O5/c1-6-19-22(24(28)32-15(2)3)23(27-25(29)26-19)18-11-12-20(21(13-18)30-5)31-14-17-9-7-16(4)8-10-17/h7-13,15,23H,6,14H2,1-5H3,(H2,26,27,29). The SMILES string of the molecule is CCC1=C(C(=O)OC(C)C)C(c2ccc(OCc3ccc(C)cc3)c(OC)c2)NC(=O)N1. The van der Waals surface area contributed by atoms with Crippen LogP contribution in [-0.4, -0.2) is 25.2 Å². The smallest absolute Gasteiger partial charge is 0.338 e. The second-order valence-corrected chi connectivity index (χ2v) is 7.92. The minimum absolute atomic E-state index is 0.279. The Labute approximate surface area is 188 Å². The van der Waals surface area contributed by atoms with Gasteiger partial charge in [-0.2, -0.15) is 0 Å². The van der Waals surface area contributed by atoms with E-state index in [2.05, 4.69) is 10.6 Å². The summed E-state index contributed by atoms with van der Waals surface area (Å²) in [6, 6.07) is 12.5. The van der Waals surface area contributed by atoms with E-state index >= 15 is 0 Å². The molecule has 1 aliphatic heterocycles. The molecule has 0 saturated heterocycles. The number of esters is 1. The molecule has 7 heteroatoms. The van der Waals surface area contributed by atoms with Crippen molar-refractivity contribution in [1.29, 1.82) is 0 Å². The van der Waals surface area contributed by atoms with Crippen molar-refractivity contribution in [2.75, 3.05) is 7.11 Å². The van der Waals surface area contributed by atoms with E-state index in [9.17, 15) is 9.59 Å². The highest BCUT2D eigenvalue weighted by Crippen LogP contribution is 2.35. The molecule has 1 atom stereocenters. The molecule has 0 radical (unpaired) electrons. The summed E-state index contributed by atoms with van der Waals surface area (Å²) in [7, 11) is 1.56. The molecule has 2 N–H and O–H groups in total. The van der Waals surface area contributed by atoms with Crippen LogP contribution in [0.4, 0.5) is 4.79 Å². The number of amides is 2. The molecule has 170 valence electrons. The third-order valence-corrected chi connectivity index (χ3v) is 5.11. The zero-order valence-electron chi connectivity index (χ0n) is 19.2. The van der Waals surface area contributed by atoms with Crippen LogP contribution in [0.15, 0.2) is 53.7 Å². The van der Waals surface area contributed by atoms with Crippen molar-refractivity contribution in [1.82, 2.24) is 10.6 Å². The van der Waals surface area contributed by atoms with E-state index in [1.54, 1.807) is 33.1 Å². The number of nitrogens with one attached hydrogen (secondary N) is 2. The van der Waals surface area contributed by atoms with Gasteiger partial charge in [-0.25, -0.2) is 9.59 Å². The van der Waals surface area contributed by atoms with Crippen LogP contribution in [-0.2, 0) is 16.1 Å². The van der Waals surface area contributed by atoms with Crippen LogP contribution in [0.2, 0.25) is 0 Å². The molecule has 1 unspecified atom stereocenters. The Kier molecular flexibility index (Phi) is 7.41. The van der Waals surface area contributed by atoms with Crippen molar-refractivity contribution in [3.8, 4) is 11.5 Å². The Balaban J connectivity index is 1.90. The number of carbonyl (C=O) groups excluding carboxylic acids is 2. The lowest BCUT2D eigenvalue weighted by Crippen LogP contribution is -2.46. The van der Waals surface area contributed by atoms with E-state index in [0.717, 1.165) is 5.56 Å². The number of hydrogen-bond donors (Lipinski definition) is 2. The summed E-state index contributed by atoms with van der Waals surface area (Å²) < 4.78 is 16.9. The topological polar surface area (TPSA) is 85.9 Å². The lowest BCUT2D eigenvalue weighted by atomic mass is 9.94. The quantitative estimate of drug-likeness (QED) is 0.591. The third-order valence-electron chi connectivity index (χ3n) is 5.11. The van der Waals surface area contributed by atoms with Gasteiger partial charge in [-0.3, -0.25) is 0 Å². The fourth-order valence-electron chi connectivity index (χ4n) is 3.49. The van der Waals surface area contributed by atoms with Gasteiger partial charge in [0.25, 0.3) is 0 Å². The molecular formula is C25H30N2O5. The van der Waals surface area contributed by atoms with Gasteiger partial charge in [-0.15, -0.1) is 0 Å². The van der Waals surface area contributed by atoms with Crippen molar-refractivity contribution in [3.05, 3.63) is 70.4 Å². The number of methoxy groups -OCH3 is 1. The predicted octanol–water partition coefficient (Wildman–Crippen LogP) is 4.55. The van der Waals surface area contributed by atoms with Gasteiger partial charge in [0.1, 0.15) is 6.61 Å². The summed E-state index contributed by atoms with van der Waals surface area (Å²) in [4.78, 5) is 25.1. The Hall–Kier alpha value is -3.48. The summed E-state index contributed by atoms with van der Waals surface area (Å²) >= 11 is 0. The van der Waals surface area contributed by atoms with E-state index < -0.39 is 12.0 Å². The Morgan fingerprint density at radius 1 is 1.09 bits per heavy atom. The predicted molar refractivity (Wildman–Crippen MR) is 121 cm³/mol.